The second kappa shape index (κ2) is 7.32. The van der Waals surface area contributed by atoms with Gasteiger partial charge in [0, 0.05) is 30.4 Å². The van der Waals surface area contributed by atoms with Crippen LogP contribution < -0.4 is 5.32 Å². The summed E-state index contributed by atoms with van der Waals surface area (Å²) in [6, 6.07) is 11.3. The van der Waals surface area contributed by atoms with Gasteiger partial charge in [0.25, 0.3) is 0 Å². The van der Waals surface area contributed by atoms with Crippen LogP contribution >= 0.6 is 11.6 Å². The lowest BCUT2D eigenvalue weighted by molar-refractivity contribution is -0.124. The molecule has 0 aliphatic heterocycles. The highest BCUT2D eigenvalue weighted by Crippen LogP contribution is 2.47. The Hall–Kier alpha value is -1.91. The van der Waals surface area contributed by atoms with E-state index in [2.05, 4.69) is 10.3 Å². The number of halogens is 1. The molecule has 0 spiro atoms. The normalized spacial score (nSPS) is 21.8. The highest BCUT2D eigenvalue weighted by molar-refractivity contribution is 6.30. The summed E-state index contributed by atoms with van der Waals surface area (Å²) in [5, 5.41) is 3.77. The van der Waals surface area contributed by atoms with Gasteiger partial charge in [-0.3, -0.25) is 9.78 Å². The van der Waals surface area contributed by atoms with Crippen LogP contribution in [0.5, 0.6) is 0 Å². The summed E-state index contributed by atoms with van der Waals surface area (Å²) in [4.78, 5) is 16.6. The maximum atomic E-state index is 12.5. The molecule has 1 aliphatic rings. The average Bonchev–Trinajstić information content (AvgIpc) is 3.39. The van der Waals surface area contributed by atoms with Crippen LogP contribution in [0.15, 0.2) is 48.8 Å². The van der Waals surface area contributed by atoms with Crippen LogP contribution in [0.2, 0.25) is 5.02 Å². The summed E-state index contributed by atoms with van der Waals surface area (Å²) in [7, 11) is 1.65. The molecule has 1 aromatic heterocycles. The molecule has 1 amide bonds. The number of benzene rings is 1. The molecule has 5 heteroatoms. The van der Waals surface area contributed by atoms with E-state index in [4.69, 9.17) is 16.3 Å². The second-order valence-electron chi connectivity index (χ2n) is 6.24. The van der Waals surface area contributed by atoms with Crippen molar-refractivity contribution in [3.63, 3.8) is 0 Å². The smallest absolute Gasteiger partial charge is 0.224 e. The van der Waals surface area contributed by atoms with Gasteiger partial charge >= 0.3 is 0 Å². The van der Waals surface area contributed by atoms with Crippen LogP contribution in [-0.4, -0.2) is 24.0 Å². The summed E-state index contributed by atoms with van der Waals surface area (Å²) in [5.41, 5.74) is 2.13. The van der Waals surface area contributed by atoms with Crippen LogP contribution in [0.1, 0.15) is 36.5 Å². The first kappa shape index (κ1) is 16.9. The summed E-state index contributed by atoms with van der Waals surface area (Å²) < 4.78 is 5.58. The van der Waals surface area contributed by atoms with Gasteiger partial charge in [-0.1, -0.05) is 29.8 Å². The van der Waals surface area contributed by atoms with Crippen molar-refractivity contribution in [3.05, 3.63) is 64.9 Å². The third kappa shape index (κ3) is 3.77. The van der Waals surface area contributed by atoms with Gasteiger partial charge in [-0.05, 0) is 48.6 Å². The van der Waals surface area contributed by atoms with E-state index in [-0.39, 0.29) is 29.9 Å². The third-order valence-electron chi connectivity index (χ3n) is 4.52. The van der Waals surface area contributed by atoms with Gasteiger partial charge in [-0.15, -0.1) is 0 Å². The fourth-order valence-electron chi connectivity index (χ4n) is 3.14. The lowest BCUT2D eigenvalue weighted by Crippen LogP contribution is -2.38. The summed E-state index contributed by atoms with van der Waals surface area (Å²) in [6.07, 6.45) is 4.26. The Morgan fingerprint density at radius 3 is 2.71 bits per heavy atom. The van der Waals surface area contributed by atoms with Crippen molar-refractivity contribution in [3.8, 4) is 0 Å². The number of aromatic nitrogens is 1. The molecular formula is C19H21ClN2O2. The van der Waals surface area contributed by atoms with Crippen molar-refractivity contribution in [1.29, 1.82) is 0 Å². The minimum absolute atomic E-state index is 0.0272. The molecule has 3 rings (SSSR count). The van der Waals surface area contributed by atoms with Crippen LogP contribution in [0.3, 0.4) is 0 Å². The van der Waals surface area contributed by atoms with Crippen molar-refractivity contribution >= 4 is 17.5 Å². The number of nitrogens with zero attached hydrogens (tertiary/aromatic N) is 1. The molecule has 1 heterocycles. The molecule has 1 saturated carbocycles. The molecule has 0 radical (unpaired) electrons. The minimum Gasteiger partial charge on any atom is -0.375 e. The van der Waals surface area contributed by atoms with E-state index in [0.717, 1.165) is 17.5 Å². The molecule has 4 nitrogen and oxygen atoms in total. The Kier molecular flexibility index (Phi) is 5.17. The number of carbonyl (C=O) groups is 1. The molecule has 0 saturated heterocycles. The van der Waals surface area contributed by atoms with E-state index in [1.165, 1.54) is 0 Å². The first-order chi connectivity index (χ1) is 11.6. The molecule has 1 aromatic carbocycles. The van der Waals surface area contributed by atoms with Gasteiger partial charge in [0.1, 0.15) is 6.10 Å². The zero-order chi connectivity index (χ0) is 17.1. The largest absolute Gasteiger partial charge is 0.375 e. The van der Waals surface area contributed by atoms with Crippen molar-refractivity contribution in [2.75, 3.05) is 7.11 Å². The van der Waals surface area contributed by atoms with Gasteiger partial charge < -0.3 is 10.1 Å². The van der Waals surface area contributed by atoms with Crippen molar-refractivity contribution < 1.29 is 9.53 Å². The number of hydrogen-bond donors (Lipinski definition) is 1. The predicted molar refractivity (Wildman–Crippen MR) is 93.9 cm³/mol. The number of pyridine rings is 1. The number of carbonyl (C=O) groups excluding carboxylic acids is 1. The summed E-state index contributed by atoms with van der Waals surface area (Å²) in [5.74, 6) is 0.383. The first-order valence-electron chi connectivity index (χ1n) is 8.08. The molecule has 126 valence electrons. The fourth-order valence-corrected chi connectivity index (χ4v) is 3.26. The van der Waals surface area contributed by atoms with E-state index < -0.39 is 0 Å². The Labute approximate surface area is 147 Å². The van der Waals surface area contributed by atoms with E-state index in [0.29, 0.717) is 5.02 Å². The highest BCUT2D eigenvalue weighted by Gasteiger charge is 2.44. The number of amides is 1. The number of rotatable bonds is 6. The third-order valence-corrected chi connectivity index (χ3v) is 4.77. The Bertz CT molecular complexity index is 690. The van der Waals surface area contributed by atoms with E-state index in [1.54, 1.807) is 13.3 Å². The van der Waals surface area contributed by atoms with Crippen LogP contribution in [-0.2, 0) is 9.53 Å². The van der Waals surface area contributed by atoms with Crippen LogP contribution in [0.25, 0.3) is 0 Å². The molecule has 24 heavy (non-hydrogen) atoms. The Balaban J connectivity index is 1.60. The molecule has 0 bridgehead atoms. The molecular weight excluding hydrogens is 324 g/mol. The van der Waals surface area contributed by atoms with E-state index in [9.17, 15) is 4.79 Å². The molecule has 4 atom stereocenters. The van der Waals surface area contributed by atoms with E-state index >= 15 is 0 Å². The maximum absolute atomic E-state index is 12.5. The predicted octanol–water partition coefficient (Wildman–Crippen LogP) is 3.73. The zero-order valence-corrected chi connectivity index (χ0v) is 14.5. The van der Waals surface area contributed by atoms with Gasteiger partial charge in [0.15, 0.2) is 0 Å². The molecule has 1 fully saturated rings. The van der Waals surface area contributed by atoms with Gasteiger partial charge in [-0.2, -0.15) is 0 Å². The van der Waals surface area contributed by atoms with Gasteiger partial charge in [-0.25, -0.2) is 0 Å². The number of ether oxygens (including phenoxy) is 1. The number of methoxy groups -OCH3 is 1. The maximum Gasteiger partial charge on any atom is 0.224 e. The zero-order valence-electron chi connectivity index (χ0n) is 13.8. The minimum atomic E-state index is -0.207. The SMILES string of the molecule is CO[C@H](c1ccc(Cl)cc1)[C@H](C)NC(=O)[C@H]1C[C@@H]1c1cccnc1. The van der Waals surface area contributed by atoms with Crippen LogP contribution in [0.4, 0.5) is 0 Å². The monoisotopic (exact) mass is 344 g/mol. The van der Waals surface area contributed by atoms with Crippen LogP contribution in [0, 0.1) is 5.92 Å². The quantitative estimate of drug-likeness (QED) is 0.868. The lowest BCUT2D eigenvalue weighted by Gasteiger charge is -2.24. The standard InChI is InChI=1S/C19H21ClN2O2/c1-12(18(24-2)13-5-7-15(20)8-6-13)22-19(23)17-10-16(17)14-4-3-9-21-11-14/h3-9,11-12,16-18H,10H2,1-2H3,(H,22,23)/t12-,16+,17-,18-/m0/s1. The second-order valence-corrected chi connectivity index (χ2v) is 6.68. The van der Waals surface area contributed by atoms with Crippen molar-refractivity contribution in [1.82, 2.24) is 10.3 Å². The molecule has 1 N–H and O–H groups in total. The average molecular weight is 345 g/mol. The number of hydrogen-bond acceptors (Lipinski definition) is 3. The lowest BCUT2D eigenvalue weighted by atomic mass is 10.0. The Morgan fingerprint density at radius 1 is 1.33 bits per heavy atom. The summed E-state index contributed by atoms with van der Waals surface area (Å²) >= 11 is 5.93. The Morgan fingerprint density at radius 2 is 2.08 bits per heavy atom. The van der Waals surface area contributed by atoms with E-state index in [1.807, 2.05) is 49.5 Å². The highest BCUT2D eigenvalue weighted by atomic mass is 35.5. The van der Waals surface area contributed by atoms with Gasteiger partial charge in [0.05, 0.1) is 6.04 Å². The first-order valence-corrected chi connectivity index (χ1v) is 8.46. The van der Waals surface area contributed by atoms with Gasteiger partial charge in [0.2, 0.25) is 5.91 Å². The van der Waals surface area contributed by atoms with Crippen molar-refractivity contribution in [2.45, 2.75) is 31.4 Å². The molecule has 2 aromatic rings. The summed E-state index contributed by atoms with van der Waals surface area (Å²) in [6.45, 7) is 1.96. The number of nitrogens with one attached hydrogen (secondary N) is 1. The van der Waals surface area contributed by atoms with Crippen molar-refractivity contribution in [2.24, 2.45) is 5.92 Å². The fraction of sp³-hybridized carbons (Fsp3) is 0.368. The molecule has 0 unspecified atom stereocenters. The molecule has 1 aliphatic carbocycles. The topological polar surface area (TPSA) is 51.2 Å².